The van der Waals surface area contributed by atoms with E-state index in [1.54, 1.807) is 0 Å². The van der Waals surface area contributed by atoms with Gasteiger partial charge in [-0.1, -0.05) is 6.92 Å². The Hall–Kier alpha value is -3.18. The van der Waals surface area contributed by atoms with E-state index >= 15 is 0 Å². The lowest BCUT2D eigenvalue weighted by Crippen LogP contribution is -2.26. The Bertz CT molecular complexity index is 1440. The summed E-state index contributed by atoms with van der Waals surface area (Å²) < 4.78 is 110. The van der Waals surface area contributed by atoms with Gasteiger partial charge in [-0.2, -0.15) is 8.78 Å². The minimum Gasteiger partial charge on any atom is -0.429 e. The van der Waals surface area contributed by atoms with E-state index in [1.807, 2.05) is 6.92 Å². The molecule has 2 atom stereocenters. The van der Waals surface area contributed by atoms with Gasteiger partial charge in [0.1, 0.15) is 28.0 Å². The Balaban J connectivity index is 1.41. The van der Waals surface area contributed by atoms with E-state index in [4.69, 9.17) is 9.47 Å². The molecular formula is C26H18F7NO2S. The molecule has 1 fully saturated rings. The van der Waals surface area contributed by atoms with Crippen molar-refractivity contribution >= 4 is 21.6 Å². The Morgan fingerprint density at radius 2 is 1.59 bits per heavy atom. The summed E-state index contributed by atoms with van der Waals surface area (Å²) in [5.74, 6) is -7.50. The summed E-state index contributed by atoms with van der Waals surface area (Å²) in [7, 11) is 0. The highest BCUT2D eigenvalue weighted by Crippen LogP contribution is 2.40. The molecule has 3 nitrogen and oxygen atoms in total. The first-order chi connectivity index (χ1) is 17.5. The van der Waals surface area contributed by atoms with Crippen LogP contribution >= 0.6 is 11.3 Å². The summed E-state index contributed by atoms with van der Waals surface area (Å²) in [5.41, 5.74) is -1.17. The Morgan fingerprint density at radius 1 is 0.919 bits per heavy atom. The molecule has 194 valence electrons. The van der Waals surface area contributed by atoms with Crippen LogP contribution in [0.2, 0.25) is 0 Å². The van der Waals surface area contributed by atoms with Crippen LogP contribution in [-0.2, 0) is 10.8 Å². The zero-order valence-electron chi connectivity index (χ0n) is 19.1. The summed E-state index contributed by atoms with van der Waals surface area (Å²) in [6.45, 7) is 2.38. The van der Waals surface area contributed by atoms with Crippen molar-refractivity contribution in [3.8, 4) is 16.3 Å². The first kappa shape index (κ1) is 25.5. The molecular weight excluding hydrogens is 523 g/mol. The van der Waals surface area contributed by atoms with Gasteiger partial charge in [0.2, 0.25) is 0 Å². The van der Waals surface area contributed by atoms with Crippen LogP contribution in [0.5, 0.6) is 5.75 Å². The molecule has 1 saturated heterocycles. The van der Waals surface area contributed by atoms with E-state index in [0.717, 1.165) is 54.2 Å². The molecule has 0 radical (unpaired) electrons. The van der Waals surface area contributed by atoms with Crippen LogP contribution in [0.25, 0.3) is 20.8 Å². The van der Waals surface area contributed by atoms with Crippen molar-refractivity contribution in [3.05, 3.63) is 82.7 Å². The number of aromatic nitrogens is 1. The molecule has 3 aromatic carbocycles. The molecule has 0 spiro atoms. The SMILES string of the molecule is CC1CCC(c2cc(F)c(C(F)(F)Oc3ccc4nc(-c5cc(F)c(F)c(F)c5)sc4c3)c(F)c2)OC1. The molecule has 0 N–H and O–H groups in total. The molecule has 1 aromatic heterocycles. The molecule has 37 heavy (non-hydrogen) atoms. The molecule has 0 saturated carbocycles. The van der Waals surface area contributed by atoms with Gasteiger partial charge in [0.05, 0.1) is 16.3 Å². The van der Waals surface area contributed by atoms with Gasteiger partial charge in [-0.25, -0.2) is 26.9 Å². The van der Waals surface area contributed by atoms with Gasteiger partial charge in [0, 0.05) is 12.2 Å². The van der Waals surface area contributed by atoms with Gasteiger partial charge >= 0.3 is 6.11 Å². The highest BCUT2D eigenvalue weighted by molar-refractivity contribution is 7.21. The maximum absolute atomic E-state index is 14.9. The minimum atomic E-state index is -4.36. The molecule has 0 amide bonds. The van der Waals surface area contributed by atoms with Crippen LogP contribution in [0.4, 0.5) is 30.7 Å². The van der Waals surface area contributed by atoms with Crippen LogP contribution in [0.3, 0.4) is 0 Å². The number of hydrogen-bond donors (Lipinski definition) is 0. The van der Waals surface area contributed by atoms with Gasteiger partial charge in [-0.05, 0) is 66.8 Å². The maximum Gasteiger partial charge on any atom is 0.432 e. The predicted molar refractivity (Wildman–Crippen MR) is 123 cm³/mol. The number of halogens is 7. The van der Waals surface area contributed by atoms with E-state index in [9.17, 15) is 30.7 Å². The number of hydrogen-bond acceptors (Lipinski definition) is 4. The zero-order valence-corrected chi connectivity index (χ0v) is 20.0. The van der Waals surface area contributed by atoms with E-state index in [1.165, 1.54) is 6.07 Å². The van der Waals surface area contributed by atoms with E-state index < -0.39 is 52.6 Å². The Kier molecular flexibility index (Phi) is 6.61. The molecule has 0 bridgehead atoms. The smallest absolute Gasteiger partial charge is 0.429 e. The maximum atomic E-state index is 14.9. The predicted octanol–water partition coefficient (Wildman–Crippen LogP) is 8.27. The second-order valence-electron chi connectivity index (χ2n) is 8.89. The van der Waals surface area contributed by atoms with Crippen molar-refractivity contribution in [3.63, 3.8) is 0 Å². The lowest BCUT2D eigenvalue weighted by Gasteiger charge is -2.28. The zero-order chi connectivity index (χ0) is 26.5. The summed E-state index contributed by atoms with van der Waals surface area (Å²) in [5, 5.41) is 0.101. The number of rotatable bonds is 5. The van der Waals surface area contributed by atoms with Gasteiger partial charge in [0.25, 0.3) is 0 Å². The van der Waals surface area contributed by atoms with Crippen LogP contribution < -0.4 is 4.74 Å². The number of ether oxygens (including phenoxy) is 2. The van der Waals surface area contributed by atoms with Crippen molar-refractivity contribution in [1.29, 1.82) is 0 Å². The quantitative estimate of drug-likeness (QED) is 0.188. The third kappa shape index (κ3) is 5.02. The first-order valence-electron chi connectivity index (χ1n) is 11.2. The topological polar surface area (TPSA) is 31.4 Å². The second-order valence-corrected chi connectivity index (χ2v) is 9.92. The molecule has 11 heteroatoms. The number of benzene rings is 3. The lowest BCUT2D eigenvalue weighted by molar-refractivity contribution is -0.189. The van der Waals surface area contributed by atoms with Crippen LogP contribution in [0.1, 0.15) is 37.0 Å². The van der Waals surface area contributed by atoms with Crippen LogP contribution in [-0.4, -0.2) is 11.6 Å². The standard InChI is InChI=1S/C26H18F7NO2S/c1-12-2-5-21(35-11-12)13-6-16(27)23(17(28)7-13)26(32,33)36-15-3-4-20-22(10-15)37-25(34-20)14-8-18(29)24(31)19(30)9-14/h3-4,6-10,12,21H,2,5,11H2,1H3. The van der Waals surface area contributed by atoms with Gasteiger partial charge in [-0.3, -0.25) is 0 Å². The van der Waals surface area contributed by atoms with Crippen LogP contribution in [0, 0.1) is 35.0 Å². The second kappa shape index (κ2) is 9.60. The van der Waals surface area contributed by atoms with Gasteiger partial charge < -0.3 is 9.47 Å². The number of fused-ring (bicyclic) bond motifs is 1. The summed E-state index contributed by atoms with van der Waals surface area (Å²) in [6.07, 6.45) is -3.66. The fourth-order valence-corrected chi connectivity index (χ4v) is 5.15. The normalized spacial score (nSPS) is 18.4. The van der Waals surface area contributed by atoms with Gasteiger partial charge in [0.15, 0.2) is 17.5 Å². The number of thiazole rings is 1. The van der Waals surface area contributed by atoms with Crippen molar-refractivity contribution in [2.75, 3.05) is 6.61 Å². The molecule has 2 unspecified atom stereocenters. The highest BCUT2D eigenvalue weighted by Gasteiger charge is 2.41. The molecule has 4 aromatic rings. The summed E-state index contributed by atoms with van der Waals surface area (Å²) in [4.78, 5) is 4.17. The monoisotopic (exact) mass is 541 g/mol. The average Bonchev–Trinajstić information content (AvgIpc) is 3.25. The molecule has 0 aliphatic carbocycles. The number of nitrogens with zero attached hydrogens (tertiary/aromatic N) is 1. The molecule has 1 aliphatic rings. The van der Waals surface area contributed by atoms with E-state index in [0.29, 0.717) is 18.9 Å². The van der Waals surface area contributed by atoms with Crippen molar-refractivity contribution < 1.29 is 40.2 Å². The highest BCUT2D eigenvalue weighted by atomic mass is 32.1. The molecule has 1 aliphatic heterocycles. The van der Waals surface area contributed by atoms with Crippen molar-refractivity contribution in [2.45, 2.75) is 32.0 Å². The van der Waals surface area contributed by atoms with E-state index in [2.05, 4.69) is 4.98 Å². The van der Waals surface area contributed by atoms with E-state index in [-0.39, 0.29) is 26.4 Å². The first-order valence-corrected chi connectivity index (χ1v) is 12.1. The summed E-state index contributed by atoms with van der Waals surface area (Å²) >= 11 is 0.880. The van der Waals surface area contributed by atoms with Gasteiger partial charge in [-0.15, -0.1) is 11.3 Å². The Morgan fingerprint density at radius 3 is 2.22 bits per heavy atom. The third-order valence-electron chi connectivity index (χ3n) is 6.07. The molecule has 5 rings (SSSR count). The number of alkyl halides is 2. The third-order valence-corrected chi connectivity index (χ3v) is 7.13. The largest absolute Gasteiger partial charge is 0.432 e. The van der Waals surface area contributed by atoms with Crippen molar-refractivity contribution in [2.24, 2.45) is 5.92 Å². The lowest BCUT2D eigenvalue weighted by atomic mass is 9.95. The average molecular weight is 541 g/mol. The Labute approximate surface area is 210 Å². The fraction of sp³-hybridized carbons (Fsp3) is 0.269. The van der Waals surface area contributed by atoms with Crippen LogP contribution in [0.15, 0.2) is 42.5 Å². The fourth-order valence-electron chi connectivity index (χ4n) is 4.17. The summed E-state index contributed by atoms with van der Waals surface area (Å²) in [6, 6.07) is 6.75. The molecule has 2 heterocycles. The van der Waals surface area contributed by atoms with Crippen molar-refractivity contribution in [1.82, 2.24) is 4.98 Å². The minimum absolute atomic E-state index is 0.0500.